The molecule has 1 aromatic heterocycles. The van der Waals surface area contributed by atoms with E-state index >= 15 is 0 Å². The highest BCUT2D eigenvalue weighted by Crippen LogP contribution is 2.23. The molecule has 1 heterocycles. The average Bonchev–Trinajstić information content (AvgIpc) is 2.90. The van der Waals surface area contributed by atoms with Crippen molar-refractivity contribution < 1.29 is 17.2 Å². The van der Waals surface area contributed by atoms with Crippen LogP contribution >= 0.6 is 0 Å². The van der Waals surface area contributed by atoms with Crippen LogP contribution < -0.4 is 0 Å². The first-order valence-corrected chi connectivity index (χ1v) is 9.10. The zero-order chi connectivity index (χ0) is 17.9. The second kappa shape index (κ2) is 7.46. The van der Waals surface area contributed by atoms with Crippen LogP contribution in [0.4, 0.5) is 4.39 Å². The van der Waals surface area contributed by atoms with Crippen LogP contribution in [0.2, 0.25) is 0 Å². The molecule has 0 saturated carbocycles. The summed E-state index contributed by atoms with van der Waals surface area (Å²) in [5.74, 6) is 0.491. The van der Waals surface area contributed by atoms with Crippen molar-refractivity contribution in [3.8, 4) is 0 Å². The first kappa shape index (κ1) is 18.6. The minimum absolute atomic E-state index is 0.0669. The number of hydrogen-bond acceptors (Lipinski definition) is 4. The Kier molecular flexibility index (Phi) is 5.79. The lowest BCUT2D eigenvalue weighted by atomic mass is 10.2. The molecule has 0 aliphatic carbocycles. The van der Waals surface area contributed by atoms with E-state index in [1.807, 2.05) is 19.0 Å². The number of rotatable bonds is 7. The first-order valence-electron chi connectivity index (χ1n) is 7.66. The Morgan fingerprint density at radius 2 is 1.79 bits per heavy atom. The van der Waals surface area contributed by atoms with Crippen LogP contribution in [0.1, 0.15) is 17.1 Å². The molecule has 2 aromatic rings. The van der Waals surface area contributed by atoms with Crippen LogP contribution in [0.3, 0.4) is 0 Å². The van der Waals surface area contributed by atoms with Gasteiger partial charge in [0.25, 0.3) is 0 Å². The molecule has 1 aromatic carbocycles. The molecule has 0 fully saturated rings. The molecule has 132 valence electrons. The number of halogens is 1. The predicted octanol–water partition coefficient (Wildman–Crippen LogP) is 2.79. The minimum Gasteiger partial charge on any atom is -0.465 e. The number of likely N-dealkylation sites (N-methyl/N-ethyl adjacent to an activating group) is 1. The second-order valence-electron chi connectivity index (χ2n) is 6.09. The molecule has 24 heavy (non-hydrogen) atoms. The molecule has 0 spiro atoms. The van der Waals surface area contributed by atoms with Gasteiger partial charge in [0, 0.05) is 13.1 Å². The molecule has 0 aliphatic heterocycles. The van der Waals surface area contributed by atoms with E-state index in [-0.39, 0.29) is 18.0 Å². The lowest BCUT2D eigenvalue weighted by molar-refractivity contribution is 0.309. The van der Waals surface area contributed by atoms with E-state index in [0.717, 1.165) is 0 Å². The highest BCUT2D eigenvalue weighted by Gasteiger charge is 2.28. The van der Waals surface area contributed by atoms with Crippen LogP contribution in [-0.4, -0.2) is 44.8 Å². The van der Waals surface area contributed by atoms with Gasteiger partial charge in [-0.25, -0.2) is 12.8 Å². The van der Waals surface area contributed by atoms with Crippen molar-refractivity contribution in [3.05, 3.63) is 53.2 Å². The lowest BCUT2D eigenvalue weighted by Crippen LogP contribution is -2.36. The summed E-state index contributed by atoms with van der Waals surface area (Å²) >= 11 is 0. The van der Waals surface area contributed by atoms with Crippen LogP contribution in [0.25, 0.3) is 0 Å². The van der Waals surface area contributed by atoms with E-state index in [0.29, 0.717) is 23.6 Å². The van der Waals surface area contributed by atoms with Gasteiger partial charge in [0.1, 0.15) is 22.2 Å². The largest absolute Gasteiger partial charge is 0.465 e. The predicted molar refractivity (Wildman–Crippen MR) is 90.7 cm³/mol. The maximum absolute atomic E-state index is 14.1. The Hall–Kier alpha value is -1.70. The van der Waals surface area contributed by atoms with E-state index in [1.54, 1.807) is 32.0 Å². The van der Waals surface area contributed by atoms with Gasteiger partial charge in [0.05, 0.1) is 6.54 Å². The van der Waals surface area contributed by atoms with Gasteiger partial charge in [-0.15, -0.1) is 0 Å². The molecule has 0 amide bonds. The number of benzene rings is 1. The molecule has 0 bridgehead atoms. The number of nitrogens with zero attached hydrogens (tertiary/aromatic N) is 2. The Labute approximate surface area is 142 Å². The van der Waals surface area contributed by atoms with Crippen molar-refractivity contribution in [1.82, 2.24) is 9.21 Å². The second-order valence-corrected chi connectivity index (χ2v) is 7.99. The molecule has 0 N–H and O–H groups in total. The number of sulfonamides is 1. The highest BCUT2D eigenvalue weighted by molar-refractivity contribution is 7.89. The van der Waals surface area contributed by atoms with Gasteiger partial charge in [-0.1, -0.05) is 6.07 Å². The van der Waals surface area contributed by atoms with E-state index in [1.165, 1.54) is 16.4 Å². The van der Waals surface area contributed by atoms with E-state index < -0.39 is 15.8 Å². The first-order chi connectivity index (χ1) is 11.2. The van der Waals surface area contributed by atoms with Crippen LogP contribution in [0, 0.1) is 19.7 Å². The van der Waals surface area contributed by atoms with Gasteiger partial charge < -0.3 is 9.32 Å². The van der Waals surface area contributed by atoms with Gasteiger partial charge in [-0.3, -0.25) is 0 Å². The van der Waals surface area contributed by atoms with E-state index in [4.69, 9.17) is 4.42 Å². The summed E-state index contributed by atoms with van der Waals surface area (Å²) in [6.45, 7) is 4.35. The standard InChI is InChI=1S/C17H23FN2O3S/c1-13-5-8-16(18)17(11-13)24(21,22)20(10-9-19(3)4)12-15-7-6-14(2)23-15/h5-8,11H,9-10,12H2,1-4H3. The van der Waals surface area contributed by atoms with E-state index in [9.17, 15) is 12.8 Å². The summed E-state index contributed by atoms with van der Waals surface area (Å²) in [6.07, 6.45) is 0. The maximum Gasteiger partial charge on any atom is 0.246 e. The summed E-state index contributed by atoms with van der Waals surface area (Å²) in [6, 6.07) is 7.61. The Balaban J connectivity index is 2.38. The molecule has 0 radical (unpaired) electrons. The fraction of sp³-hybridized carbons (Fsp3) is 0.412. The number of hydrogen-bond donors (Lipinski definition) is 0. The fourth-order valence-corrected chi connectivity index (χ4v) is 3.83. The van der Waals surface area contributed by atoms with Crippen LogP contribution in [0.5, 0.6) is 0 Å². The highest BCUT2D eigenvalue weighted by atomic mass is 32.2. The van der Waals surface area contributed by atoms with Crippen molar-refractivity contribution in [3.63, 3.8) is 0 Å². The fourth-order valence-electron chi connectivity index (χ4n) is 2.29. The normalized spacial score (nSPS) is 12.3. The molecule has 0 atom stereocenters. The monoisotopic (exact) mass is 354 g/mol. The molecule has 7 heteroatoms. The zero-order valence-electron chi connectivity index (χ0n) is 14.4. The van der Waals surface area contributed by atoms with Gasteiger partial charge in [-0.2, -0.15) is 4.31 Å². The Bertz CT molecular complexity index is 800. The third-order valence-electron chi connectivity index (χ3n) is 3.63. The van der Waals surface area contributed by atoms with Crippen molar-refractivity contribution in [2.24, 2.45) is 0 Å². The quantitative estimate of drug-likeness (QED) is 0.767. The molecular formula is C17H23FN2O3S. The van der Waals surface area contributed by atoms with Crippen molar-refractivity contribution in [2.45, 2.75) is 25.3 Å². The van der Waals surface area contributed by atoms with Crippen molar-refractivity contribution in [2.75, 3.05) is 27.2 Å². The molecule has 0 saturated heterocycles. The summed E-state index contributed by atoms with van der Waals surface area (Å²) in [4.78, 5) is 1.58. The van der Waals surface area contributed by atoms with Crippen molar-refractivity contribution >= 4 is 10.0 Å². The van der Waals surface area contributed by atoms with Crippen molar-refractivity contribution in [1.29, 1.82) is 0 Å². The average molecular weight is 354 g/mol. The topological polar surface area (TPSA) is 53.8 Å². The third kappa shape index (κ3) is 4.43. The van der Waals surface area contributed by atoms with Crippen LogP contribution in [0.15, 0.2) is 39.6 Å². The van der Waals surface area contributed by atoms with Crippen LogP contribution in [-0.2, 0) is 16.6 Å². The van der Waals surface area contributed by atoms with Gasteiger partial charge in [0.15, 0.2) is 0 Å². The zero-order valence-corrected chi connectivity index (χ0v) is 15.2. The summed E-state index contributed by atoms with van der Waals surface area (Å²) in [5.41, 5.74) is 0.691. The number of furan rings is 1. The minimum atomic E-state index is -3.97. The molecular weight excluding hydrogens is 331 g/mol. The lowest BCUT2D eigenvalue weighted by Gasteiger charge is -2.23. The molecule has 5 nitrogen and oxygen atoms in total. The third-order valence-corrected chi connectivity index (χ3v) is 5.49. The summed E-state index contributed by atoms with van der Waals surface area (Å²) in [5, 5.41) is 0. The SMILES string of the molecule is Cc1ccc(F)c(S(=O)(=O)N(CCN(C)C)Cc2ccc(C)o2)c1. The maximum atomic E-state index is 14.1. The molecule has 0 aliphatic rings. The van der Waals surface area contributed by atoms with Gasteiger partial charge in [0.2, 0.25) is 10.0 Å². The van der Waals surface area contributed by atoms with E-state index in [2.05, 4.69) is 0 Å². The smallest absolute Gasteiger partial charge is 0.246 e. The number of aryl methyl sites for hydroxylation is 2. The summed E-state index contributed by atoms with van der Waals surface area (Å²) < 4.78 is 46.8. The Morgan fingerprint density at radius 3 is 2.38 bits per heavy atom. The molecule has 0 unspecified atom stereocenters. The van der Waals surface area contributed by atoms with Gasteiger partial charge in [-0.05, 0) is 57.8 Å². The Morgan fingerprint density at radius 1 is 1.08 bits per heavy atom. The summed E-state index contributed by atoms with van der Waals surface area (Å²) in [7, 11) is -0.255. The molecule has 2 rings (SSSR count). The van der Waals surface area contributed by atoms with Gasteiger partial charge >= 0.3 is 0 Å².